The van der Waals surface area contributed by atoms with E-state index in [1.807, 2.05) is 44.2 Å². The lowest BCUT2D eigenvalue weighted by atomic mass is 9.99. The fraction of sp³-hybridized carbons (Fsp3) is 0.357. The molecule has 0 bridgehead atoms. The third-order valence-electron chi connectivity index (χ3n) is 6.49. The molecule has 0 aliphatic rings. The highest BCUT2D eigenvalue weighted by atomic mass is 35.5. The SMILES string of the molecule is COc1ccc(C(=O)N(CCCN)C(c2nc3c(Cl)c(OC)nn3c(=O)n2Cc2ccccc2)C(C)C)cc1.Cl. The first-order chi connectivity index (χ1) is 18.8. The van der Waals surface area contributed by atoms with Gasteiger partial charge in [0.1, 0.15) is 16.6 Å². The van der Waals surface area contributed by atoms with E-state index in [0.29, 0.717) is 36.6 Å². The molecule has 2 heterocycles. The zero-order valence-corrected chi connectivity index (χ0v) is 24.5. The monoisotopic (exact) mass is 588 g/mol. The fourth-order valence-electron chi connectivity index (χ4n) is 4.58. The molecule has 1 atom stereocenters. The van der Waals surface area contributed by atoms with Crippen molar-refractivity contribution in [1.82, 2.24) is 24.1 Å². The van der Waals surface area contributed by atoms with Crippen LogP contribution < -0.4 is 20.9 Å². The Hall–Kier alpha value is -3.60. The number of rotatable bonds is 11. The number of nitrogens with zero attached hydrogens (tertiary/aromatic N) is 5. The third-order valence-corrected chi connectivity index (χ3v) is 6.82. The van der Waals surface area contributed by atoms with Crippen molar-refractivity contribution in [1.29, 1.82) is 0 Å². The van der Waals surface area contributed by atoms with Crippen molar-refractivity contribution in [3.05, 3.63) is 87.1 Å². The molecule has 2 aromatic heterocycles. The first-order valence-corrected chi connectivity index (χ1v) is 13.1. The maximum absolute atomic E-state index is 14.0. The molecular weight excluding hydrogens is 555 g/mol. The Kier molecular flexibility index (Phi) is 10.6. The second-order valence-electron chi connectivity index (χ2n) is 9.44. The number of halogens is 2. The maximum atomic E-state index is 14.0. The van der Waals surface area contributed by atoms with Gasteiger partial charge in [-0.15, -0.1) is 17.5 Å². The molecule has 0 saturated heterocycles. The third kappa shape index (κ3) is 6.24. The van der Waals surface area contributed by atoms with Crippen molar-refractivity contribution in [2.75, 3.05) is 27.3 Å². The average Bonchev–Trinajstić information content (AvgIpc) is 3.28. The zero-order chi connectivity index (χ0) is 28.1. The van der Waals surface area contributed by atoms with Gasteiger partial charge in [0.05, 0.1) is 26.8 Å². The summed E-state index contributed by atoms with van der Waals surface area (Å²) in [7, 11) is 3.00. The molecule has 0 aliphatic heterocycles. The lowest BCUT2D eigenvalue weighted by Crippen LogP contribution is -2.43. The van der Waals surface area contributed by atoms with E-state index in [1.54, 1.807) is 40.8 Å². The lowest BCUT2D eigenvalue weighted by molar-refractivity contribution is 0.0601. The van der Waals surface area contributed by atoms with Crippen molar-refractivity contribution >= 4 is 35.6 Å². The number of benzene rings is 2. The van der Waals surface area contributed by atoms with E-state index in [4.69, 9.17) is 31.8 Å². The minimum absolute atomic E-state index is 0. The Morgan fingerprint density at radius 2 is 1.75 bits per heavy atom. The van der Waals surface area contributed by atoms with Crippen LogP contribution in [0.15, 0.2) is 59.4 Å². The predicted molar refractivity (Wildman–Crippen MR) is 157 cm³/mol. The van der Waals surface area contributed by atoms with E-state index in [2.05, 4.69) is 5.10 Å². The topological polar surface area (TPSA) is 117 Å². The van der Waals surface area contributed by atoms with Gasteiger partial charge in [-0.1, -0.05) is 55.8 Å². The smallest absolute Gasteiger partial charge is 0.352 e. The summed E-state index contributed by atoms with van der Waals surface area (Å²) in [5.74, 6) is 0.815. The summed E-state index contributed by atoms with van der Waals surface area (Å²) < 4.78 is 13.2. The van der Waals surface area contributed by atoms with E-state index in [9.17, 15) is 9.59 Å². The molecule has 4 aromatic rings. The van der Waals surface area contributed by atoms with Crippen LogP contribution in [0.3, 0.4) is 0 Å². The van der Waals surface area contributed by atoms with E-state index >= 15 is 0 Å². The first-order valence-electron chi connectivity index (χ1n) is 12.7. The van der Waals surface area contributed by atoms with Gasteiger partial charge in [0, 0.05) is 12.1 Å². The van der Waals surface area contributed by atoms with Crippen molar-refractivity contribution in [2.45, 2.75) is 32.9 Å². The molecule has 0 radical (unpaired) electrons. The summed E-state index contributed by atoms with van der Waals surface area (Å²) in [6, 6.07) is 15.9. The van der Waals surface area contributed by atoms with E-state index < -0.39 is 11.7 Å². The van der Waals surface area contributed by atoms with E-state index in [-0.39, 0.29) is 47.3 Å². The van der Waals surface area contributed by atoms with Gasteiger partial charge in [0.2, 0.25) is 0 Å². The number of fused-ring (bicyclic) bond motifs is 1. The van der Waals surface area contributed by atoms with Gasteiger partial charge < -0.3 is 20.1 Å². The summed E-state index contributed by atoms with van der Waals surface area (Å²) >= 11 is 6.52. The molecule has 0 aliphatic carbocycles. The summed E-state index contributed by atoms with van der Waals surface area (Å²) in [6.07, 6.45) is 0.567. The van der Waals surface area contributed by atoms with Gasteiger partial charge in [0.15, 0.2) is 5.65 Å². The second-order valence-corrected chi connectivity index (χ2v) is 9.82. The van der Waals surface area contributed by atoms with Crippen LogP contribution in [0.1, 0.15) is 48.1 Å². The van der Waals surface area contributed by atoms with Gasteiger partial charge in [-0.25, -0.2) is 9.78 Å². The molecule has 0 saturated carbocycles. The standard InChI is InChI=1S/C28H33ClN6O4.ClH/c1-18(2)23(33(16-8-15-30)27(36)20-11-13-21(38-3)14-12-20)25-31-24-22(29)26(39-4)32-35(24)28(37)34(25)17-19-9-6-5-7-10-19;/h5-7,9-14,18,23H,8,15-17,30H2,1-4H3;1H. The highest BCUT2D eigenvalue weighted by Gasteiger charge is 2.33. The number of carbonyl (C=O) groups excluding carboxylic acids is 1. The molecule has 214 valence electrons. The Balaban J connectivity index is 0.00000441. The summed E-state index contributed by atoms with van der Waals surface area (Å²) in [5, 5.41) is 4.35. The minimum Gasteiger partial charge on any atom is -0.497 e. The summed E-state index contributed by atoms with van der Waals surface area (Å²) in [5.41, 5.74) is 6.98. The average molecular weight is 590 g/mol. The quantitative estimate of drug-likeness (QED) is 0.279. The number of methoxy groups -OCH3 is 2. The number of ether oxygens (including phenoxy) is 2. The van der Waals surface area contributed by atoms with Crippen molar-refractivity contribution < 1.29 is 14.3 Å². The number of amides is 1. The summed E-state index contributed by atoms with van der Waals surface area (Å²) in [6.45, 7) is 4.97. The predicted octanol–water partition coefficient (Wildman–Crippen LogP) is 4.22. The number of aromatic nitrogens is 4. The molecule has 10 nitrogen and oxygen atoms in total. The highest BCUT2D eigenvalue weighted by molar-refractivity contribution is 6.34. The fourth-order valence-corrected chi connectivity index (χ4v) is 4.82. The van der Waals surface area contributed by atoms with Crippen molar-refractivity contribution in [3.63, 3.8) is 0 Å². The Morgan fingerprint density at radius 3 is 2.33 bits per heavy atom. The van der Waals surface area contributed by atoms with Crippen LogP contribution in [0.4, 0.5) is 0 Å². The van der Waals surface area contributed by atoms with Crippen LogP contribution in [0.5, 0.6) is 11.6 Å². The van der Waals surface area contributed by atoms with Gasteiger partial charge in [-0.3, -0.25) is 9.36 Å². The van der Waals surface area contributed by atoms with E-state index in [1.165, 1.54) is 7.11 Å². The lowest BCUT2D eigenvalue weighted by Gasteiger charge is -2.35. The van der Waals surface area contributed by atoms with Gasteiger partial charge in [-0.2, -0.15) is 4.52 Å². The Bertz CT molecular complexity index is 1490. The molecule has 4 rings (SSSR count). The molecule has 0 spiro atoms. The molecule has 12 heteroatoms. The molecule has 1 amide bonds. The molecule has 1 unspecified atom stereocenters. The maximum Gasteiger partial charge on any atom is 0.352 e. The molecule has 0 fully saturated rings. The second kappa shape index (κ2) is 13.6. The first kappa shape index (κ1) is 30.9. The number of nitrogens with two attached hydrogens (primary N) is 1. The minimum atomic E-state index is -0.579. The van der Waals surface area contributed by atoms with Gasteiger partial charge in [-0.05, 0) is 48.7 Å². The number of carbonyl (C=O) groups is 1. The number of hydrogen-bond acceptors (Lipinski definition) is 7. The zero-order valence-electron chi connectivity index (χ0n) is 22.9. The van der Waals surface area contributed by atoms with Crippen molar-refractivity contribution in [3.8, 4) is 11.6 Å². The van der Waals surface area contributed by atoms with Crippen LogP contribution in [0, 0.1) is 5.92 Å². The van der Waals surface area contributed by atoms with Gasteiger partial charge in [0.25, 0.3) is 11.8 Å². The molecule has 2 aromatic carbocycles. The normalized spacial score (nSPS) is 11.8. The largest absolute Gasteiger partial charge is 0.497 e. The molecule has 2 N–H and O–H groups in total. The number of hydrogen-bond donors (Lipinski definition) is 1. The van der Waals surface area contributed by atoms with Crippen LogP contribution >= 0.6 is 24.0 Å². The summed E-state index contributed by atoms with van der Waals surface area (Å²) in [4.78, 5) is 34.4. The molecular formula is C28H34Cl2N6O4. The Labute approximate surface area is 244 Å². The van der Waals surface area contributed by atoms with Crippen LogP contribution in [0.2, 0.25) is 5.02 Å². The van der Waals surface area contributed by atoms with Crippen LogP contribution in [0.25, 0.3) is 5.65 Å². The van der Waals surface area contributed by atoms with Crippen LogP contribution in [-0.2, 0) is 6.54 Å². The van der Waals surface area contributed by atoms with Crippen molar-refractivity contribution in [2.24, 2.45) is 11.7 Å². The van der Waals surface area contributed by atoms with Gasteiger partial charge >= 0.3 is 5.69 Å². The van der Waals surface area contributed by atoms with Crippen LogP contribution in [-0.4, -0.2) is 57.3 Å². The highest BCUT2D eigenvalue weighted by Crippen LogP contribution is 2.32. The Morgan fingerprint density at radius 1 is 1.07 bits per heavy atom. The van der Waals surface area contributed by atoms with E-state index in [0.717, 1.165) is 10.1 Å². The molecule has 40 heavy (non-hydrogen) atoms.